The van der Waals surface area contributed by atoms with E-state index in [2.05, 4.69) is 10.2 Å². The molecule has 0 aliphatic heterocycles. The highest BCUT2D eigenvalue weighted by molar-refractivity contribution is 6.30. The zero-order chi connectivity index (χ0) is 17.6. The van der Waals surface area contributed by atoms with Crippen molar-refractivity contribution in [3.05, 3.63) is 70.9 Å². The van der Waals surface area contributed by atoms with Crippen LogP contribution in [0.5, 0.6) is 5.75 Å². The SMILES string of the molecule is CCCC(=O)c1ccc(OCc2c[nH]nc2-c2ccc(Cl)cc2)cc1. The number of nitrogens with one attached hydrogen (secondary N) is 1. The normalized spacial score (nSPS) is 10.6. The molecule has 3 aromatic rings. The van der Waals surface area contributed by atoms with Crippen LogP contribution in [0.2, 0.25) is 5.02 Å². The van der Waals surface area contributed by atoms with Gasteiger partial charge in [0.05, 0.1) is 5.69 Å². The highest BCUT2D eigenvalue weighted by Gasteiger charge is 2.10. The van der Waals surface area contributed by atoms with Crippen molar-refractivity contribution in [3.8, 4) is 17.0 Å². The van der Waals surface area contributed by atoms with Crippen LogP contribution in [0.15, 0.2) is 54.7 Å². The van der Waals surface area contributed by atoms with E-state index in [1.54, 1.807) is 0 Å². The van der Waals surface area contributed by atoms with Crippen LogP contribution in [0, 0.1) is 0 Å². The fourth-order valence-electron chi connectivity index (χ4n) is 2.55. The largest absolute Gasteiger partial charge is 0.489 e. The van der Waals surface area contributed by atoms with Crippen molar-refractivity contribution in [1.29, 1.82) is 0 Å². The lowest BCUT2D eigenvalue weighted by atomic mass is 10.1. The number of hydrogen-bond acceptors (Lipinski definition) is 3. The lowest BCUT2D eigenvalue weighted by molar-refractivity contribution is 0.0981. The van der Waals surface area contributed by atoms with Crippen LogP contribution < -0.4 is 4.74 Å². The van der Waals surface area contributed by atoms with Crippen LogP contribution >= 0.6 is 11.6 Å². The third kappa shape index (κ3) is 4.28. The van der Waals surface area contributed by atoms with Gasteiger partial charge in [0.1, 0.15) is 12.4 Å². The van der Waals surface area contributed by atoms with E-state index in [1.807, 2.05) is 61.7 Å². The molecule has 0 spiro atoms. The van der Waals surface area contributed by atoms with E-state index >= 15 is 0 Å². The molecule has 5 heteroatoms. The van der Waals surface area contributed by atoms with Gasteiger partial charge in [-0.3, -0.25) is 9.89 Å². The number of nitrogens with zero attached hydrogens (tertiary/aromatic N) is 1. The van der Waals surface area contributed by atoms with Crippen LogP contribution in [-0.4, -0.2) is 16.0 Å². The fraction of sp³-hybridized carbons (Fsp3) is 0.200. The number of halogens is 1. The maximum absolute atomic E-state index is 11.9. The van der Waals surface area contributed by atoms with E-state index in [4.69, 9.17) is 16.3 Å². The zero-order valence-corrected chi connectivity index (χ0v) is 14.7. The maximum atomic E-state index is 11.9. The van der Waals surface area contributed by atoms with E-state index in [-0.39, 0.29) is 5.78 Å². The molecule has 0 aliphatic rings. The molecule has 0 aliphatic carbocycles. The summed E-state index contributed by atoms with van der Waals surface area (Å²) in [6.07, 6.45) is 3.24. The quantitative estimate of drug-likeness (QED) is 0.586. The highest BCUT2D eigenvalue weighted by Crippen LogP contribution is 2.24. The minimum atomic E-state index is 0.161. The van der Waals surface area contributed by atoms with Crippen LogP contribution in [-0.2, 0) is 6.61 Å². The van der Waals surface area contributed by atoms with Gasteiger partial charge in [0, 0.05) is 34.3 Å². The van der Waals surface area contributed by atoms with Gasteiger partial charge in [0.2, 0.25) is 0 Å². The second-order valence-corrected chi connectivity index (χ2v) is 6.19. The number of Topliss-reactive ketones (excluding diaryl/α,β-unsaturated/α-hetero) is 1. The van der Waals surface area contributed by atoms with E-state index < -0.39 is 0 Å². The van der Waals surface area contributed by atoms with Gasteiger partial charge in [-0.2, -0.15) is 5.10 Å². The number of carbonyl (C=O) groups excluding carboxylic acids is 1. The fourth-order valence-corrected chi connectivity index (χ4v) is 2.68. The predicted octanol–water partition coefficient (Wildman–Crippen LogP) is 5.29. The van der Waals surface area contributed by atoms with E-state index in [0.29, 0.717) is 18.1 Å². The molecule has 2 aromatic carbocycles. The van der Waals surface area contributed by atoms with Crippen molar-refractivity contribution in [2.24, 2.45) is 0 Å². The van der Waals surface area contributed by atoms with Gasteiger partial charge in [-0.15, -0.1) is 0 Å². The predicted molar refractivity (Wildman–Crippen MR) is 99.0 cm³/mol. The van der Waals surface area contributed by atoms with Crippen molar-refractivity contribution in [2.75, 3.05) is 0 Å². The maximum Gasteiger partial charge on any atom is 0.162 e. The molecule has 0 saturated heterocycles. The molecule has 0 unspecified atom stereocenters. The van der Waals surface area contributed by atoms with Gasteiger partial charge in [-0.05, 0) is 42.8 Å². The van der Waals surface area contributed by atoms with Gasteiger partial charge in [-0.25, -0.2) is 0 Å². The number of ether oxygens (including phenoxy) is 1. The molecular formula is C20H19ClN2O2. The topological polar surface area (TPSA) is 55.0 Å². The number of aromatic amines is 1. The minimum absolute atomic E-state index is 0.161. The second-order valence-electron chi connectivity index (χ2n) is 5.75. The average Bonchev–Trinajstić information content (AvgIpc) is 3.10. The highest BCUT2D eigenvalue weighted by atomic mass is 35.5. The first-order valence-corrected chi connectivity index (χ1v) is 8.60. The lowest BCUT2D eigenvalue weighted by Gasteiger charge is -2.07. The molecular weight excluding hydrogens is 336 g/mol. The Hall–Kier alpha value is -2.59. The summed E-state index contributed by atoms with van der Waals surface area (Å²) in [5, 5.41) is 7.86. The van der Waals surface area contributed by atoms with Crippen molar-refractivity contribution in [1.82, 2.24) is 10.2 Å². The third-order valence-corrected chi connectivity index (χ3v) is 4.14. The van der Waals surface area contributed by atoms with Gasteiger partial charge < -0.3 is 4.74 Å². The van der Waals surface area contributed by atoms with Gasteiger partial charge >= 0.3 is 0 Å². The van der Waals surface area contributed by atoms with E-state index in [1.165, 1.54) is 0 Å². The van der Waals surface area contributed by atoms with Gasteiger partial charge in [0.15, 0.2) is 5.78 Å². The summed E-state index contributed by atoms with van der Waals surface area (Å²) in [5.74, 6) is 0.880. The number of H-pyrrole nitrogens is 1. The molecule has 3 rings (SSSR count). The molecule has 0 amide bonds. The van der Waals surface area contributed by atoms with Crippen molar-refractivity contribution in [3.63, 3.8) is 0 Å². The lowest BCUT2D eigenvalue weighted by Crippen LogP contribution is -1.99. The van der Waals surface area contributed by atoms with E-state index in [0.717, 1.165) is 34.6 Å². The number of aromatic nitrogens is 2. The summed E-state index contributed by atoms with van der Waals surface area (Å²) in [5.41, 5.74) is 3.49. The number of rotatable bonds is 7. The summed E-state index contributed by atoms with van der Waals surface area (Å²) in [7, 11) is 0. The standard InChI is InChI=1S/C20H19ClN2O2/c1-2-3-19(24)14-6-10-18(11-7-14)25-13-16-12-22-23-20(16)15-4-8-17(21)9-5-15/h4-12H,2-3,13H2,1H3,(H,22,23). The average molecular weight is 355 g/mol. The number of ketones is 1. The molecule has 1 heterocycles. The Morgan fingerprint density at radius 2 is 1.84 bits per heavy atom. The Morgan fingerprint density at radius 1 is 1.12 bits per heavy atom. The number of carbonyl (C=O) groups is 1. The molecule has 0 radical (unpaired) electrons. The monoisotopic (exact) mass is 354 g/mol. The molecule has 25 heavy (non-hydrogen) atoms. The van der Waals surface area contributed by atoms with Crippen LogP contribution in [0.25, 0.3) is 11.3 Å². The Kier molecular flexibility index (Phi) is 5.51. The minimum Gasteiger partial charge on any atom is -0.489 e. The molecule has 0 saturated carbocycles. The Labute approximate surface area is 151 Å². The second kappa shape index (κ2) is 7.99. The van der Waals surface area contributed by atoms with Crippen molar-refractivity contribution < 1.29 is 9.53 Å². The molecule has 1 aromatic heterocycles. The summed E-state index contributed by atoms with van der Waals surface area (Å²) in [6, 6.07) is 14.8. The summed E-state index contributed by atoms with van der Waals surface area (Å²) in [6.45, 7) is 2.38. The van der Waals surface area contributed by atoms with Crippen LogP contribution in [0.4, 0.5) is 0 Å². The molecule has 0 atom stereocenters. The van der Waals surface area contributed by atoms with Gasteiger partial charge in [0.25, 0.3) is 0 Å². The molecule has 128 valence electrons. The van der Waals surface area contributed by atoms with Crippen LogP contribution in [0.1, 0.15) is 35.7 Å². The first-order chi connectivity index (χ1) is 12.2. The number of benzene rings is 2. The molecule has 1 N–H and O–H groups in total. The Bertz CT molecular complexity index is 839. The molecule has 0 fully saturated rings. The number of hydrogen-bond donors (Lipinski definition) is 1. The summed E-state index contributed by atoms with van der Waals surface area (Å²) >= 11 is 5.93. The van der Waals surface area contributed by atoms with E-state index in [9.17, 15) is 4.79 Å². The summed E-state index contributed by atoms with van der Waals surface area (Å²) in [4.78, 5) is 11.9. The first kappa shape index (κ1) is 17.2. The Morgan fingerprint density at radius 3 is 2.52 bits per heavy atom. The van der Waals surface area contributed by atoms with Crippen molar-refractivity contribution >= 4 is 17.4 Å². The first-order valence-electron chi connectivity index (χ1n) is 8.22. The zero-order valence-electron chi connectivity index (χ0n) is 14.0. The summed E-state index contributed by atoms with van der Waals surface area (Å²) < 4.78 is 5.83. The van der Waals surface area contributed by atoms with Crippen molar-refractivity contribution in [2.45, 2.75) is 26.4 Å². The molecule has 0 bridgehead atoms. The smallest absolute Gasteiger partial charge is 0.162 e. The van der Waals surface area contributed by atoms with Crippen LogP contribution in [0.3, 0.4) is 0 Å². The molecule has 4 nitrogen and oxygen atoms in total. The Balaban J connectivity index is 1.67. The third-order valence-electron chi connectivity index (χ3n) is 3.88. The van der Waals surface area contributed by atoms with Gasteiger partial charge in [-0.1, -0.05) is 30.7 Å².